The van der Waals surface area contributed by atoms with Gasteiger partial charge in [-0.3, -0.25) is 0 Å². The molecule has 1 aliphatic heterocycles. The molecule has 2 N–H and O–H groups in total. The van der Waals surface area contributed by atoms with Gasteiger partial charge in [-0.25, -0.2) is 4.79 Å². The molecule has 0 spiro atoms. The van der Waals surface area contributed by atoms with E-state index in [1.807, 2.05) is 19.9 Å². The van der Waals surface area contributed by atoms with Crippen LogP contribution in [0.5, 0.6) is 5.75 Å². The van der Waals surface area contributed by atoms with Gasteiger partial charge in [0.25, 0.3) is 0 Å². The molecule has 2 rings (SSSR count). The van der Waals surface area contributed by atoms with Crippen molar-refractivity contribution in [3.05, 3.63) is 28.8 Å². The van der Waals surface area contributed by atoms with Crippen molar-refractivity contribution in [1.82, 2.24) is 5.32 Å². The number of benzene rings is 1. The first-order chi connectivity index (χ1) is 8.59. The van der Waals surface area contributed by atoms with Gasteiger partial charge in [0.1, 0.15) is 11.3 Å². The third-order valence-corrected chi connectivity index (χ3v) is 3.53. The average Bonchev–Trinajstić information content (AvgIpc) is 2.83. The van der Waals surface area contributed by atoms with E-state index >= 15 is 0 Å². The first kappa shape index (κ1) is 12.9. The zero-order valence-electron chi connectivity index (χ0n) is 10.8. The van der Waals surface area contributed by atoms with E-state index in [0.717, 1.165) is 30.6 Å². The van der Waals surface area contributed by atoms with Gasteiger partial charge >= 0.3 is 5.97 Å². The fourth-order valence-corrected chi connectivity index (χ4v) is 2.20. The van der Waals surface area contributed by atoms with Crippen molar-refractivity contribution in [2.45, 2.75) is 20.3 Å². The average molecular weight is 249 g/mol. The summed E-state index contributed by atoms with van der Waals surface area (Å²) in [7, 11) is 0. The number of hydrogen-bond acceptors (Lipinski definition) is 3. The molecule has 1 aromatic carbocycles. The number of hydrogen-bond donors (Lipinski definition) is 2. The Kier molecular flexibility index (Phi) is 3.87. The van der Waals surface area contributed by atoms with Gasteiger partial charge in [-0.2, -0.15) is 0 Å². The van der Waals surface area contributed by atoms with Crippen LogP contribution in [-0.4, -0.2) is 30.8 Å². The predicted molar refractivity (Wildman–Crippen MR) is 69.3 cm³/mol. The van der Waals surface area contributed by atoms with Gasteiger partial charge in [0, 0.05) is 12.5 Å². The van der Waals surface area contributed by atoms with Crippen molar-refractivity contribution in [3.63, 3.8) is 0 Å². The van der Waals surface area contributed by atoms with E-state index < -0.39 is 5.97 Å². The Morgan fingerprint density at radius 3 is 2.89 bits per heavy atom. The highest BCUT2D eigenvalue weighted by atomic mass is 16.5. The van der Waals surface area contributed by atoms with E-state index in [-0.39, 0.29) is 5.56 Å². The molecule has 0 aromatic heterocycles. The highest BCUT2D eigenvalue weighted by Gasteiger charge is 2.19. The smallest absolute Gasteiger partial charge is 0.339 e. The van der Waals surface area contributed by atoms with Crippen LogP contribution in [0, 0.1) is 19.8 Å². The molecular formula is C14H19NO3. The third kappa shape index (κ3) is 2.64. The molecule has 0 radical (unpaired) electrons. The van der Waals surface area contributed by atoms with Gasteiger partial charge in [0.05, 0.1) is 6.61 Å². The van der Waals surface area contributed by atoms with Crippen LogP contribution in [0.25, 0.3) is 0 Å². The van der Waals surface area contributed by atoms with Crippen LogP contribution in [0.15, 0.2) is 12.1 Å². The Balaban J connectivity index is 2.18. The molecule has 0 amide bonds. The number of rotatable bonds is 4. The van der Waals surface area contributed by atoms with E-state index in [9.17, 15) is 9.90 Å². The largest absolute Gasteiger partial charge is 0.492 e. The minimum absolute atomic E-state index is 0.254. The summed E-state index contributed by atoms with van der Waals surface area (Å²) in [4.78, 5) is 11.2. The summed E-state index contributed by atoms with van der Waals surface area (Å²) in [5.41, 5.74) is 2.23. The summed E-state index contributed by atoms with van der Waals surface area (Å²) in [6.45, 7) is 6.42. The van der Waals surface area contributed by atoms with Gasteiger partial charge in [-0.05, 0) is 44.0 Å². The number of carboxylic acid groups (broad SMARTS) is 1. The fourth-order valence-electron chi connectivity index (χ4n) is 2.20. The molecule has 0 saturated carbocycles. The lowest BCUT2D eigenvalue weighted by atomic mass is 10.0. The summed E-state index contributed by atoms with van der Waals surface area (Å²) in [5.74, 6) is 0.0682. The molecular weight excluding hydrogens is 230 g/mol. The lowest BCUT2D eigenvalue weighted by molar-refractivity contribution is 0.0691. The van der Waals surface area contributed by atoms with E-state index in [2.05, 4.69) is 5.32 Å². The van der Waals surface area contributed by atoms with Crippen molar-refractivity contribution in [1.29, 1.82) is 0 Å². The molecule has 1 heterocycles. The summed E-state index contributed by atoms with van der Waals surface area (Å²) in [5, 5.41) is 12.5. The Hall–Kier alpha value is -1.55. The van der Waals surface area contributed by atoms with Gasteiger partial charge < -0.3 is 15.2 Å². The van der Waals surface area contributed by atoms with Gasteiger partial charge in [-0.1, -0.05) is 6.07 Å². The third-order valence-electron chi connectivity index (χ3n) is 3.53. The van der Waals surface area contributed by atoms with Crippen molar-refractivity contribution in [2.24, 2.45) is 5.92 Å². The standard InChI is InChI=1S/C14H19NO3/c1-9-3-4-12(14(16)17)13(10(9)2)18-8-11-5-6-15-7-11/h3-4,11,15H,5-8H2,1-2H3,(H,16,17). The monoisotopic (exact) mass is 249 g/mol. The van der Waals surface area contributed by atoms with Crippen molar-refractivity contribution >= 4 is 5.97 Å². The van der Waals surface area contributed by atoms with Gasteiger partial charge in [0.2, 0.25) is 0 Å². The Morgan fingerprint density at radius 2 is 2.28 bits per heavy atom. The molecule has 98 valence electrons. The second-order valence-corrected chi connectivity index (χ2v) is 4.86. The number of carboxylic acids is 1. The summed E-state index contributed by atoms with van der Waals surface area (Å²) in [6.07, 6.45) is 1.09. The second kappa shape index (κ2) is 5.40. The number of aromatic carboxylic acids is 1. The van der Waals surface area contributed by atoms with E-state index in [4.69, 9.17) is 4.74 Å². The lowest BCUT2D eigenvalue weighted by Gasteiger charge is -2.16. The molecule has 4 nitrogen and oxygen atoms in total. The van der Waals surface area contributed by atoms with Crippen LogP contribution in [0.3, 0.4) is 0 Å². The highest BCUT2D eigenvalue weighted by molar-refractivity contribution is 5.91. The van der Waals surface area contributed by atoms with Gasteiger partial charge in [-0.15, -0.1) is 0 Å². The molecule has 18 heavy (non-hydrogen) atoms. The molecule has 4 heteroatoms. The lowest BCUT2D eigenvalue weighted by Crippen LogP contribution is -2.17. The Morgan fingerprint density at radius 1 is 1.50 bits per heavy atom. The number of ether oxygens (including phenoxy) is 1. The van der Waals surface area contributed by atoms with Crippen LogP contribution in [-0.2, 0) is 0 Å². The van der Waals surface area contributed by atoms with E-state index in [0.29, 0.717) is 18.3 Å². The predicted octanol–water partition coefficient (Wildman–Crippen LogP) is 1.99. The van der Waals surface area contributed by atoms with E-state index in [1.54, 1.807) is 6.07 Å². The molecule has 1 atom stereocenters. The molecule has 1 fully saturated rings. The maximum Gasteiger partial charge on any atom is 0.339 e. The van der Waals surface area contributed by atoms with Crippen LogP contribution in [0.1, 0.15) is 27.9 Å². The van der Waals surface area contributed by atoms with E-state index in [1.165, 1.54) is 0 Å². The zero-order valence-corrected chi connectivity index (χ0v) is 10.8. The van der Waals surface area contributed by atoms with Crippen molar-refractivity contribution in [2.75, 3.05) is 19.7 Å². The maximum atomic E-state index is 11.2. The molecule has 1 unspecified atom stereocenters. The minimum atomic E-state index is -0.933. The second-order valence-electron chi connectivity index (χ2n) is 4.86. The first-order valence-corrected chi connectivity index (χ1v) is 6.26. The minimum Gasteiger partial charge on any atom is -0.492 e. The number of aryl methyl sites for hydroxylation is 1. The Labute approximate surface area is 107 Å². The van der Waals surface area contributed by atoms with Crippen LogP contribution in [0.2, 0.25) is 0 Å². The summed E-state index contributed by atoms with van der Waals surface area (Å²) in [6, 6.07) is 3.44. The summed E-state index contributed by atoms with van der Waals surface area (Å²) < 4.78 is 5.77. The molecule has 1 aromatic rings. The normalized spacial score (nSPS) is 18.9. The van der Waals surface area contributed by atoms with Crippen molar-refractivity contribution < 1.29 is 14.6 Å². The van der Waals surface area contributed by atoms with Crippen LogP contribution < -0.4 is 10.1 Å². The molecule has 0 bridgehead atoms. The van der Waals surface area contributed by atoms with Crippen molar-refractivity contribution in [3.8, 4) is 5.75 Å². The maximum absolute atomic E-state index is 11.2. The van der Waals surface area contributed by atoms with Crippen LogP contribution >= 0.6 is 0 Å². The first-order valence-electron chi connectivity index (χ1n) is 6.26. The fraction of sp³-hybridized carbons (Fsp3) is 0.500. The Bertz CT molecular complexity index is 451. The number of nitrogens with one attached hydrogen (secondary N) is 1. The highest BCUT2D eigenvalue weighted by Crippen LogP contribution is 2.27. The summed E-state index contributed by atoms with van der Waals surface area (Å²) >= 11 is 0. The number of carbonyl (C=O) groups is 1. The quantitative estimate of drug-likeness (QED) is 0.856. The van der Waals surface area contributed by atoms with Gasteiger partial charge in [0.15, 0.2) is 0 Å². The topological polar surface area (TPSA) is 58.6 Å². The molecule has 1 saturated heterocycles. The molecule has 1 aliphatic rings. The van der Waals surface area contributed by atoms with Crippen LogP contribution in [0.4, 0.5) is 0 Å². The SMILES string of the molecule is Cc1ccc(C(=O)O)c(OCC2CCNC2)c1C. The zero-order chi connectivity index (χ0) is 13.1. The molecule has 0 aliphatic carbocycles.